The highest BCUT2D eigenvalue weighted by Crippen LogP contribution is 2.25. The molecule has 3 heteroatoms. The van der Waals surface area contributed by atoms with Gasteiger partial charge in [-0.2, -0.15) is 0 Å². The second-order valence-corrected chi connectivity index (χ2v) is 4.49. The van der Waals surface area contributed by atoms with Crippen LogP contribution in [0.25, 0.3) is 0 Å². The molecule has 1 aliphatic heterocycles. The summed E-state index contributed by atoms with van der Waals surface area (Å²) in [5.74, 6) is 2.72. The Kier molecular flexibility index (Phi) is 3.63. The summed E-state index contributed by atoms with van der Waals surface area (Å²) in [5.41, 5.74) is 1.28. The van der Waals surface area contributed by atoms with Gasteiger partial charge in [-0.25, -0.2) is 4.98 Å². The smallest absolute Gasteiger partial charge is 0.0951 e. The number of terminal acetylenes is 1. The Morgan fingerprint density at radius 3 is 3.25 bits per heavy atom. The third-order valence-corrected chi connectivity index (χ3v) is 3.25. The lowest BCUT2D eigenvalue weighted by molar-refractivity contribution is 0.383. The van der Waals surface area contributed by atoms with E-state index >= 15 is 0 Å². The van der Waals surface area contributed by atoms with Crippen LogP contribution in [0.5, 0.6) is 0 Å². The molecule has 2 unspecified atom stereocenters. The first-order valence-corrected chi connectivity index (χ1v) is 6.01. The standard InChI is InChI=1S/C13H19N3/c1-3-6-11(2)16-10-14-9-13(16)12-7-4-5-8-15-12/h1,9-12,15H,4-8H2,2H3. The van der Waals surface area contributed by atoms with Crippen molar-refractivity contribution in [3.63, 3.8) is 0 Å². The van der Waals surface area contributed by atoms with Crippen LogP contribution in [0, 0.1) is 12.3 Å². The molecular formula is C13H19N3. The highest BCUT2D eigenvalue weighted by molar-refractivity contribution is 5.08. The lowest BCUT2D eigenvalue weighted by Gasteiger charge is -2.26. The molecule has 0 spiro atoms. The van der Waals surface area contributed by atoms with Crippen molar-refractivity contribution in [1.29, 1.82) is 0 Å². The predicted octanol–water partition coefficient (Wildman–Crippen LogP) is 2.28. The first kappa shape index (κ1) is 11.2. The van der Waals surface area contributed by atoms with Gasteiger partial charge in [0.1, 0.15) is 0 Å². The molecule has 1 N–H and O–H groups in total. The molecule has 0 aromatic carbocycles. The summed E-state index contributed by atoms with van der Waals surface area (Å²) in [4.78, 5) is 4.26. The van der Waals surface area contributed by atoms with Crippen molar-refractivity contribution in [3.05, 3.63) is 18.2 Å². The first-order chi connectivity index (χ1) is 7.83. The molecule has 1 aromatic rings. The van der Waals surface area contributed by atoms with Crippen LogP contribution in [0.3, 0.4) is 0 Å². The predicted molar refractivity (Wildman–Crippen MR) is 65.0 cm³/mol. The maximum absolute atomic E-state index is 5.36. The number of imidazole rings is 1. The molecule has 1 aromatic heterocycles. The van der Waals surface area contributed by atoms with Gasteiger partial charge in [-0.3, -0.25) is 0 Å². The summed E-state index contributed by atoms with van der Waals surface area (Å²) in [7, 11) is 0. The molecule has 86 valence electrons. The van der Waals surface area contributed by atoms with E-state index in [0.717, 1.165) is 13.0 Å². The Hall–Kier alpha value is -1.27. The molecule has 0 aliphatic carbocycles. The van der Waals surface area contributed by atoms with Gasteiger partial charge >= 0.3 is 0 Å². The Morgan fingerprint density at radius 1 is 1.69 bits per heavy atom. The van der Waals surface area contributed by atoms with Crippen molar-refractivity contribution in [2.75, 3.05) is 6.54 Å². The molecule has 3 nitrogen and oxygen atoms in total. The van der Waals surface area contributed by atoms with Gasteiger partial charge in [-0.1, -0.05) is 6.42 Å². The summed E-state index contributed by atoms with van der Waals surface area (Å²) in [6.07, 6.45) is 13.8. The van der Waals surface area contributed by atoms with Crippen molar-refractivity contribution < 1.29 is 0 Å². The molecule has 1 saturated heterocycles. The lowest BCUT2D eigenvalue weighted by Crippen LogP contribution is -2.29. The molecule has 0 amide bonds. The van der Waals surface area contributed by atoms with Crippen LogP contribution >= 0.6 is 0 Å². The summed E-state index contributed by atoms with van der Waals surface area (Å²) < 4.78 is 2.21. The van der Waals surface area contributed by atoms with E-state index in [4.69, 9.17) is 6.42 Å². The van der Waals surface area contributed by atoms with E-state index < -0.39 is 0 Å². The molecule has 0 bridgehead atoms. The van der Waals surface area contributed by atoms with Crippen LogP contribution in [0.2, 0.25) is 0 Å². The highest BCUT2D eigenvalue weighted by Gasteiger charge is 2.19. The van der Waals surface area contributed by atoms with Gasteiger partial charge < -0.3 is 9.88 Å². The summed E-state index contributed by atoms with van der Waals surface area (Å²) in [5, 5.41) is 3.55. The van der Waals surface area contributed by atoms with Crippen molar-refractivity contribution in [2.24, 2.45) is 0 Å². The van der Waals surface area contributed by atoms with Crippen LogP contribution < -0.4 is 5.32 Å². The average molecular weight is 217 g/mol. The van der Waals surface area contributed by atoms with Crippen LogP contribution in [-0.2, 0) is 0 Å². The average Bonchev–Trinajstić information content (AvgIpc) is 2.79. The highest BCUT2D eigenvalue weighted by atomic mass is 15.1. The fourth-order valence-electron chi connectivity index (χ4n) is 2.33. The minimum atomic E-state index is 0.339. The third kappa shape index (κ3) is 2.28. The van der Waals surface area contributed by atoms with E-state index in [1.807, 2.05) is 12.5 Å². The van der Waals surface area contributed by atoms with Crippen molar-refractivity contribution in [1.82, 2.24) is 14.9 Å². The van der Waals surface area contributed by atoms with E-state index in [9.17, 15) is 0 Å². The van der Waals surface area contributed by atoms with Crippen LogP contribution in [-0.4, -0.2) is 16.1 Å². The van der Waals surface area contributed by atoms with Gasteiger partial charge in [0.05, 0.1) is 12.0 Å². The SMILES string of the molecule is C#CCC(C)n1cncc1C1CCCCN1. The molecule has 16 heavy (non-hydrogen) atoms. The largest absolute Gasteiger partial charge is 0.329 e. The maximum atomic E-state index is 5.36. The van der Waals surface area contributed by atoms with E-state index in [1.54, 1.807) is 0 Å². The van der Waals surface area contributed by atoms with Gasteiger partial charge in [0, 0.05) is 24.7 Å². The topological polar surface area (TPSA) is 29.9 Å². The number of aromatic nitrogens is 2. The monoisotopic (exact) mass is 217 g/mol. The number of rotatable bonds is 3. The minimum Gasteiger partial charge on any atom is -0.329 e. The zero-order chi connectivity index (χ0) is 11.4. The normalized spacial score (nSPS) is 22.6. The number of hydrogen-bond acceptors (Lipinski definition) is 2. The molecule has 0 saturated carbocycles. The second kappa shape index (κ2) is 5.18. The molecular weight excluding hydrogens is 198 g/mol. The van der Waals surface area contributed by atoms with E-state index in [2.05, 4.69) is 27.7 Å². The van der Waals surface area contributed by atoms with E-state index in [-0.39, 0.29) is 0 Å². The Labute approximate surface area is 97.3 Å². The van der Waals surface area contributed by atoms with Gasteiger partial charge in [0.25, 0.3) is 0 Å². The number of nitrogens with one attached hydrogen (secondary N) is 1. The van der Waals surface area contributed by atoms with Crippen LogP contribution in [0.15, 0.2) is 12.5 Å². The van der Waals surface area contributed by atoms with Gasteiger partial charge in [-0.05, 0) is 26.3 Å². The zero-order valence-corrected chi connectivity index (χ0v) is 9.82. The zero-order valence-electron chi connectivity index (χ0n) is 9.82. The summed E-state index contributed by atoms with van der Waals surface area (Å²) >= 11 is 0. The quantitative estimate of drug-likeness (QED) is 0.787. The summed E-state index contributed by atoms with van der Waals surface area (Å²) in [6.45, 7) is 3.26. The van der Waals surface area contributed by atoms with Gasteiger partial charge in [0.2, 0.25) is 0 Å². The first-order valence-electron chi connectivity index (χ1n) is 6.01. The van der Waals surface area contributed by atoms with Crippen molar-refractivity contribution in [2.45, 2.75) is 44.7 Å². The lowest BCUT2D eigenvalue weighted by atomic mass is 10.0. The van der Waals surface area contributed by atoms with Gasteiger partial charge in [-0.15, -0.1) is 12.3 Å². The Bertz CT molecular complexity index is 369. The Balaban J connectivity index is 2.14. The van der Waals surface area contributed by atoms with Crippen LogP contribution in [0.4, 0.5) is 0 Å². The van der Waals surface area contributed by atoms with E-state index in [0.29, 0.717) is 12.1 Å². The molecule has 2 heterocycles. The summed E-state index contributed by atoms with van der Waals surface area (Å²) in [6, 6.07) is 0.794. The van der Waals surface area contributed by atoms with Gasteiger partial charge in [0.15, 0.2) is 0 Å². The van der Waals surface area contributed by atoms with E-state index in [1.165, 1.54) is 25.0 Å². The fourth-order valence-corrected chi connectivity index (χ4v) is 2.33. The second-order valence-electron chi connectivity index (χ2n) is 4.49. The maximum Gasteiger partial charge on any atom is 0.0951 e. The number of piperidine rings is 1. The molecule has 2 rings (SSSR count). The van der Waals surface area contributed by atoms with Crippen molar-refractivity contribution >= 4 is 0 Å². The Morgan fingerprint density at radius 2 is 2.56 bits per heavy atom. The molecule has 0 radical (unpaired) electrons. The van der Waals surface area contributed by atoms with Crippen molar-refractivity contribution in [3.8, 4) is 12.3 Å². The molecule has 1 fully saturated rings. The van der Waals surface area contributed by atoms with Crippen LogP contribution in [0.1, 0.15) is 50.4 Å². The fraction of sp³-hybridized carbons (Fsp3) is 0.615. The number of hydrogen-bond donors (Lipinski definition) is 1. The molecule has 1 aliphatic rings. The molecule has 2 atom stereocenters. The minimum absolute atomic E-state index is 0.339. The third-order valence-electron chi connectivity index (χ3n) is 3.25. The number of nitrogens with zero attached hydrogens (tertiary/aromatic N) is 2.